The summed E-state index contributed by atoms with van der Waals surface area (Å²) in [4.78, 5) is 4.03. The molecule has 0 amide bonds. The van der Waals surface area contributed by atoms with Crippen LogP contribution in [0, 0.1) is 6.92 Å². The van der Waals surface area contributed by atoms with Crippen molar-refractivity contribution in [2.45, 2.75) is 39.4 Å². The lowest BCUT2D eigenvalue weighted by molar-refractivity contribution is 0.140. The summed E-state index contributed by atoms with van der Waals surface area (Å²) in [6.07, 6.45) is 0. The van der Waals surface area contributed by atoms with E-state index in [1.54, 1.807) is 0 Å². The maximum atomic E-state index is 3.60. The minimum Gasteiger partial charge on any atom is -0.311 e. The standard InChI is InChI=1S/C12H19BrN2S.ClH/c1-8-4-11(16-12(8)13)7-15-6-9(2)14-5-10(15)3;/h4,9-10,14H,5-7H2,1-3H3;1H. The largest absolute Gasteiger partial charge is 0.311 e. The summed E-state index contributed by atoms with van der Waals surface area (Å²) in [6.45, 7) is 10.1. The molecule has 1 aromatic rings. The van der Waals surface area contributed by atoms with Gasteiger partial charge in [-0.25, -0.2) is 0 Å². The summed E-state index contributed by atoms with van der Waals surface area (Å²) in [5, 5.41) is 3.52. The number of hydrogen-bond donors (Lipinski definition) is 1. The highest BCUT2D eigenvalue weighted by Gasteiger charge is 2.22. The van der Waals surface area contributed by atoms with Crippen LogP contribution in [0.25, 0.3) is 0 Å². The van der Waals surface area contributed by atoms with E-state index in [0.717, 1.165) is 19.6 Å². The Kier molecular flexibility index (Phi) is 5.93. The predicted molar refractivity (Wildman–Crippen MR) is 81.3 cm³/mol. The molecule has 0 aliphatic carbocycles. The van der Waals surface area contributed by atoms with Crippen molar-refractivity contribution in [3.8, 4) is 0 Å². The van der Waals surface area contributed by atoms with Crippen molar-refractivity contribution in [2.24, 2.45) is 0 Å². The van der Waals surface area contributed by atoms with E-state index >= 15 is 0 Å². The predicted octanol–water partition coefficient (Wildman–Crippen LogP) is 3.42. The zero-order valence-corrected chi connectivity index (χ0v) is 13.7. The number of nitrogens with zero attached hydrogens (tertiary/aromatic N) is 1. The molecule has 5 heteroatoms. The molecular weight excluding hydrogens is 320 g/mol. The number of rotatable bonds is 2. The molecule has 0 radical (unpaired) electrons. The maximum absolute atomic E-state index is 3.60. The van der Waals surface area contributed by atoms with Crippen molar-refractivity contribution in [3.05, 3.63) is 20.3 Å². The Morgan fingerprint density at radius 1 is 1.53 bits per heavy atom. The first-order valence-corrected chi connectivity index (χ1v) is 7.39. The molecule has 1 aromatic heterocycles. The molecule has 0 aromatic carbocycles. The molecule has 0 saturated carbocycles. The van der Waals surface area contributed by atoms with E-state index in [4.69, 9.17) is 0 Å². The minimum atomic E-state index is 0. The van der Waals surface area contributed by atoms with Gasteiger partial charge in [-0.2, -0.15) is 0 Å². The summed E-state index contributed by atoms with van der Waals surface area (Å²) < 4.78 is 1.28. The van der Waals surface area contributed by atoms with E-state index in [2.05, 4.69) is 53.0 Å². The third-order valence-corrected chi connectivity index (χ3v) is 5.28. The van der Waals surface area contributed by atoms with Crippen molar-refractivity contribution in [1.82, 2.24) is 10.2 Å². The SMILES string of the molecule is Cc1cc(CN2CC(C)NCC2C)sc1Br.Cl. The fraction of sp³-hybridized carbons (Fsp3) is 0.667. The molecule has 2 unspecified atom stereocenters. The van der Waals surface area contributed by atoms with Gasteiger partial charge in [0.2, 0.25) is 0 Å². The zero-order chi connectivity index (χ0) is 11.7. The van der Waals surface area contributed by atoms with Crippen molar-refractivity contribution < 1.29 is 0 Å². The number of thiophene rings is 1. The average molecular weight is 340 g/mol. The second kappa shape index (κ2) is 6.53. The number of halogens is 2. The first-order chi connectivity index (χ1) is 7.56. The summed E-state index contributed by atoms with van der Waals surface area (Å²) in [5.74, 6) is 0. The van der Waals surface area contributed by atoms with Gasteiger partial charge in [-0.15, -0.1) is 23.7 Å². The first-order valence-electron chi connectivity index (χ1n) is 5.78. The lowest BCUT2D eigenvalue weighted by Gasteiger charge is -2.37. The Bertz CT molecular complexity index is 350. The van der Waals surface area contributed by atoms with Crippen LogP contribution in [0.2, 0.25) is 0 Å². The molecule has 17 heavy (non-hydrogen) atoms. The Hall–Kier alpha value is 0.390. The summed E-state index contributed by atoms with van der Waals surface area (Å²) in [7, 11) is 0. The number of nitrogens with one attached hydrogen (secondary N) is 1. The van der Waals surface area contributed by atoms with Gasteiger partial charge in [0.05, 0.1) is 3.79 Å². The summed E-state index contributed by atoms with van der Waals surface area (Å²) in [6, 6.07) is 3.55. The van der Waals surface area contributed by atoms with Gasteiger partial charge in [-0.3, -0.25) is 4.90 Å². The van der Waals surface area contributed by atoms with E-state index in [1.807, 2.05) is 11.3 Å². The zero-order valence-electron chi connectivity index (χ0n) is 10.5. The molecule has 2 rings (SSSR count). The van der Waals surface area contributed by atoms with Crippen LogP contribution in [-0.2, 0) is 6.54 Å². The Morgan fingerprint density at radius 3 is 2.82 bits per heavy atom. The molecule has 1 N–H and O–H groups in total. The van der Waals surface area contributed by atoms with E-state index < -0.39 is 0 Å². The van der Waals surface area contributed by atoms with Gasteiger partial charge in [0.25, 0.3) is 0 Å². The summed E-state index contributed by atoms with van der Waals surface area (Å²) in [5.41, 5.74) is 1.36. The maximum Gasteiger partial charge on any atom is 0.0730 e. The molecule has 2 nitrogen and oxygen atoms in total. The van der Waals surface area contributed by atoms with Crippen LogP contribution in [0.3, 0.4) is 0 Å². The number of aryl methyl sites for hydroxylation is 1. The van der Waals surface area contributed by atoms with Crippen LogP contribution in [0.4, 0.5) is 0 Å². The van der Waals surface area contributed by atoms with Gasteiger partial charge in [0, 0.05) is 36.6 Å². The topological polar surface area (TPSA) is 15.3 Å². The molecule has 1 fully saturated rings. The van der Waals surface area contributed by atoms with Crippen LogP contribution in [0.5, 0.6) is 0 Å². The van der Waals surface area contributed by atoms with E-state index in [-0.39, 0.29) is 12.4 Å². The second-order valence-corrected chi connectivity index (χ2v) is 7.21. The van der Waals surface area contributed by atoms with E-state index in [0.29, 0.717) is 12.1 Å². The molecule has 0 bridgehead atoms. The molecule has 2 heterocycles. The fourth-order valence-electron chi connectivity index (χ4n) is 2.12. The van der Waals surface area contributed by atoms with Crippen LogP contribution in [0.15, 0.2) is 9.85 Å². The fourth-order valence-corrected chi connectivity index (χ4v) is 3.77. The first kappa shape index (κ1) is 15.4. The molecule has 98 valence electrons. The van der Waals surface area contributed by atoms with Gasteiger partial charge in [-0.1, -0.05) is 0 Å². The lowest BCUT2D eigenvalue weighted by Crippen LogP contribution is -2.53. The monoisotopic (exact) mass is 338 g/mol. The van der Waals surface area contributed by atoms with Crippen LogP contribution in [-0.4, -0.2) is 30.1 Å². The van der Waals surface area contributed by atoms with Gasteiger partial charge in [-0.05, 0) is 48.3 Å². The van der Waals surface area contributed by atoms with Crippen LogP contribution < -0.4 is 5.32 Å². The van der Waals surface area contributed by atoms with Crippen molar-refractivity contribution in [1.29, 1.82) is 0 Å². The third kappa shape index (κ3) is 3.93. The third-order valence-electron chi connectivity index (χ3n) is 3.16. The van der Waals surface area contributed by atoms with Gasteiger partial charge in [0.15, 0.2) is 0 Å². The number of piperazine rings is 1. The van der Waals surface area contributed by atoms with Crippen LogP contribution in [0.1, 0.15) is 24.3 Å². The quantitative estimate of drug-likeness (QED) is 0.888. The van der Waals surface area contributed by atoms with Gasteiger partial charge in [0.1, 0.15) is 0 Å². The van der Waals surface area contributed by atoms with Gasteiger partial charge >= 0.3 is 0 Å². The molecule has 0 spiro atoms. The normalized spacial score (nSPS) is 25.6. The minimum absolute atomic E-state index is 0. The molecule has 1 saturated heterocycles. The average Bonchev–Trinajstić information content (AvgIpc) is 2.52. The Labute approximate surface area is 122 Å². The lowest BCUT2D eigenvalue weighted by atomic mass is 10.1. The Balaban J connectivity index is 0.00000144. The van der Waals surface area contributed by atoms with Crippen LogP contribution >= 0.6 is 39.7 Å². The molecule has 1 aliphatic rings. The van der Waals surface area contributed by atoms with Crippen molar-refractivity contribution in [2.75, 3.05) is 13.1 Å². The van der Waals surface area contributed by atoms with E-state index in [1.165, 1.54) is 14.2 Å². The van der Waals surface area contributed by atoms with Crippen molar-refractivity contribution >= 4 is 39.7 Å². The van der Waals surface area contributed by atoms with E-state index in [9.17, 15) is 0 Å². The number of hydrogen-bond acceptors (Lipinski definition) is 3. The Morgan fingerprint density at radius 2 is 2.24 bits per heavy atom. The highest BCUT2D eigenvalue weighted by Crippen LogP contribution is 2.28. The smallest absolute Gasteiger partial charge is 0.0730 e. The molecule has 1 aliphatic heterocycles. The highest BCUT2D eigenvalue weighted by molar-refractivity contribution is 9.11. The highest BCUT2D eigenvalue weighted by atomic mass is 79.9. The van der Waals surface area contributed by atoms with Crippen molar-refractivity contribution in [3.63, 3.8) is 0 Å². The molecular formula is C12H20BrClN2S. The second-order valence-electron chi connectivity index (χ2n) is 4.76. The summed E-state index contributed by atoms with van der Waals surface area (Å²) >= 11 is 5.46. The molecule has 2 atom stereocenters. The van der Waals surface area contributed by atoms with Gasteiger partial charge < -0.3 is 5.32 Å².